The van der Waals surface area contributed by atoms with Crippen LogP contribution in [0.5, 0.6) is 0 Å². The summed E-state index contributed by atoms with van der Waals surface area (Å²) in [5, 5.41) is 2.94. The Morgan fingerprint density at radius 2 is 1.74 bits per heavy atom. The molecule has 23 heavy (non-hydrogen) atoms. The van der Waals surface area contributed by atoms with Gasteiger partial charge < -0.3 is 16.0 Å². The number of nitrogen functional groups attached to an aromatic ring is 1. The molecule has 1 amide bonds. The molecule has 2 aromatic rings. The van der Waals surface area contributed by atoms with Crippen LogP contribution >= 0.6 is 12.4 Å². The van der Waals surface area contributed by atoms with Gasteiger partial charge in [-0.3, -0.25) is 4.79 Å². The van der Waals surface area contributed by atoms with Gasteiger partial charge in [0.1, 0.15) is 0 Å². The van der Waals surface area contributed by atoms with Crippen LogP contribution in [0, 0.1) is 0 Å². The number of anilines is 2. The fourth-order valence-corrected chi connectivity index (χ4v) is 2.32. The summed E-state index contributed by atoms with van der Waals surface area (Å²) in [7, 11) is 0. The lowest BCUT2D eigenvalue weighted by molar-refractivity contribution is 0.0953. The Kier molecular flexibility index (Phi) is 7.98. The van der Waals surface area contributed by atoms with Gasteiger partial charge in [-0.15, -0.1) is 12.4 Å². The molecule has 5 heteroatoms. The maximum atomic E-state index is 12.0. The number of para-hydroxylation sites is 1. The van der Waals surface area contributed by atoms with E-state index in [0.717, 1.165) is 19.5 Å². The summed E-state index contributed by atoms with van der Waals surface area (Å²) in [5.74, 6) is -0.0530. The van der Waals surface area contributed by atoms with Crippen LogP contribution in [0.1, 0.15) is 23.7 Å². The second kappa shape index (κ2) is 9.74. The monoisotopic (exact) mass is 333 g/mol. The van der Waals surface area contributed by atoms with Crippen molar-refractivity contribution in [2.24, 2.45) is 0 Å². The van der Waals surface area contributed by atoms with E-state index in [1.807, 2.05) is 18.2 Å². The molecular weight excluding hydrogens is 310 g/mol. The molecule has 0 atom stereocenters. The van der Waals surface area contributed by atoms with Crippen molar-refractivity contribution in [2.75, 3.05) is 30.3 Å². The number of benzene rings is 2. The summed E-state index contributed by atoms with van der Waals surface area (Å²) in [6.07, 6.45) is 0.906. The van der Waals surface area contributed by atoms with Gasteiger partial charge in [0.25, 0.3) is 5.91 Å². The highest BCUT2D eigenvalue weighted by molar-refractivity contribution is 5.94. The van der Waals surface area contributed by atoms with Crippen molar-refractivity contribution >= 4 is 29.7 Å². The van der Waals surface area contributed by atoms with Crippen molar-refractivity contribution in [3.63, 3.8) is 0 Å². The Morgan fingerprint density at radius 1 is 1.09 bits per heavy atom. The molecule has 0 fully saturated rings. The molecule has 3 N–H and O–H groups in total. The van der Waals surface area contributed by atoms with Crippen molar-refractivity contribution in [3.8, 4) is 0 Å². The fraction of sp³-hybridized carbons (Fsp3) is 0.278. The molecule has 0 heterocycles. The minimum Gasteiger partial charge on any atom is -0.399 e. The lowest BCUT2D eigenvalue weighted by atomic mass is 10.2. The van der Waals surface area contributed by atoms with Gasteiger partial charge in [-0.25, -0.2) is 0 Å². The zero-order chi connectivity index (χ0) is 15.8. The van der Waals surface area contributed by atoms with E-state index in [4.69, 9.17) is 5.73 Å². The van der Waals surface area contributed by atoms with Gasteiger partial charge in [0.05, 0.1) is 0 Å². The first-order valence-corrected chi connectivity index (χ1v) is 7.64. The first kappa shape index (κ1) is 18.8. The first-order chi connectivity index (χ1) is 10.7. The van der Waals surface area contributed by atoms with E-state index in [1.54, 1.807) is 24.3 Å². The molecule has 0 radical (unpaired) electrons. The van der Waals surface area contributed by atoms with Crippen LogP contribution in [0.15, 0.2) is 54.6 Å². The predicted octanol–water partition coefficient (Wildman–Crippen LogP) is 3.34. The molecule has 0 aromatic heterocycles. The number of carbonyl (C=O) groups excluding carboxylic acids is 1. The first-order valence-electron chi connectivity index (χ1n) is 7.64. The van der Waals surface area contributed by atoms with E-state index < -0.39 is 0 Å². The Balaban J connectivity index is 0.00000264. The Labute approximate surface area is 144 Å². The number of nitrogens with two attached hydrogens (primary N) is 1. The maximum absolute atomic E-state index is 12.0. The van der Waals surface area contributed by atoms with E-state index in [2.05, 4.69) is 29.3 Å². The molecule has 0 saturated carbocycles. The Hall–Kier alpha value is -2.20. The maximum Gasteiger partial charge on any atom is 0.251 e. The summed E-state index contributed by atoms with van der Waals surface area (Å²) < 4.78 is 0. The lowest BCUT2D eigenvalue weighted by Gasteiger charge is -2.23. The zero-order valence-corrected chi connectivity index (χ0v) is 14.2. The largest absolute Gasteiger partial charge is 0.399 e. The molecule has 0 saturated heterocycles. The van der Waals surface area contributed by atoms with Crippen LogP contribution in [0.25, 0.3) is 0 Å². The van der Waals surface area contributed by atoms with E-state index in [1.165, 1.54) is 5.69 Å². The molecule has 0 spiro atoms. The molecule has 2 rings (SSSR count). The second-order valence-electron chi connectivity index (χ2n) is 5.15. The van der Waals surface area contributed by atoms with Crippen molar-refractivity contribution in [3.05, 3.63) is 60.2 Å². The minimum absolute atomic E-state index is 0. The predicted molar refractivity (Wildman–Crippen MR) is 99.4 cm³/mol. The molecule has 0 aliphatic carbocycles. The van der Waals surface area contributed by atoms with E-state index >= 15 is 0 Å². The molecule has 0 aliphatic heterocycles. The summed E-state index contributed by atoms with van der Waals surface area (Å²) >= 11 is 0. The van der Waals surface area contributed by atoms with Gasteiger partial charge in [-0.05, 0) is 49.7 Å². The summed E-state index contributed by atoms with van der Waals surface area (Å²) in [5.41, 5.74) is 8.14. The van der Waals surface area contributed by atoms with Crippen molar-refractivity contribution in [1.29, 1.82) is 0 Å². The third-order valence-corrected chi connectivity index (χ3v) is 3.57. The van der Waals surface area contributed by atoms with Crippen molar-refractivity contribution in [1.82, 2.24) is 5.32 Å². The summed E-state index contributed by atoms with van der Waals surface area (Å²) in [6.45, 7) is 4.67. The Morgan fingerprint density at radius 3 is 2.35 bits per heavy atom. The quantitative estimate of drug-likeness (QED) is 0.603. The van der Waals surface area contributed by atoms with Crippen LogP contribution in [0.2, 0.25) is 0 Å². The third-order valence-electron chi connectivity index (χ3n) is 3.57. The van der Waals surface area contributed by atoms with Crippen molar-refractivity contribution in [2.45, 2.75) is 13.3 Å². The van der Waals surface area contributed by atoms with Gasteiger partial charge in [0.2, 0.25) is 0 Å². The lowest BCUT2D eigenvalue weighted by Crippen LogP contribution is -2.29. The van der Waals surface area contributed by atoms with E-state index in [9.17, 15) is 4.79 Å². The van der Waals surface area contributed by atoms with Gasteiger partial charge in [0, 0.05) is 36.6 Å². The number of amides is 1. The number of nitrogens with zero attached hydrogens (tertiary/aromatic N) is 1. The topological polar surface area (TPSA) is 58.4 Å². The molecule has 0 aliphatic rings. The smallest absolute Gasteiger partial charge is 0.251 e. The van der Waals surface area contributed by atoms with Crippen LogP contribution in [0.3, 0.4) is 0 Å². The number of carbonyl (C=O) groups is 1. The highest BCUT2D eigenvalue weighted by atomic mass is 35.5. The average molecular weight is 334 g/mol. The number of nitrogens with one attached hydrogen (secondary N) is 1. The molecular formula is C18H24ClN3O. The number of hydrogen-bond acceptors (Lipinski definition) is 3. The highest BCUT2D eigenvalue weighted by Gasteiger charge is 2.06. The van der Waals surface area contributed by atoms with Gasteiger partial charge in [0.15, 0.2) is 0 Å². The third kappa shape index (κ3) is 5.83. The number of rotatable bonds is 7. The van der Waals surface area contributed by atoms with E-state index in [0.29, 0.717) is 17.8 Å². The standard InChI is InChI=1S/C18H23N3O.ClH/c1-2-21(17-7-4-3-5-8-17)14-6-13-20-18(22)15-9-11-16(19)12-10-15;/h3-5,7-12H,2,6,13-14,19H2,1H3,(H,20,22);1H. The molecule has 0 unspecified atom stereocenters. The van der Waals surface area contributed by atoms with Gasteiger partial charge in [-0.1, -0.05) is 18.2 Å². The van der Waals surface area contributed by atoms with Gasteiger partial charge in [-0.2, -0.15) is 0 Å². The average Bonchev–Trinajstić information content (AvgIpc) is 2.56. The molecule has 2 aromatic carbocycles. The zero-order valence-electron chi connectivity index (χ0n) is 13.4. The number of hydrogen-bond donors (Lipinski definition) is 2. The van der Waals surface area contributed by atoms with Gasteiger partial charge >= 0.3 is 0 Å². The fourth-order valence-electron chi connectivity index (χ4n) is 2.32. The Bertz CT molecular complexity index is 587. The van der Waals surface area contributed by atoms with Crippen LogP contribution in [0.4, 0.5) is 11.4 Å². The molecule has 4 nitrogen and oxygen atoms in total. The molecule has 0 bridgehead atoms. The van der Waals surface area contributed by atoms with Crippen LogP contribution < -0.4 is 16.0 Å². The normalized spacial score (nSPS) is 9.78. The minimum atomic E-state index is -0.0530. The summed E-state index contributed by atoms with van der Waals surface area (Å²) in [6, 6.07) is 17.3. The molecule has 124 valence electrons. The van der Waals surface area contributed by atoms with E-state index in [-0.39, 0.29) is 18.3 Å². The highest BCUT2D eigenvalue weighted by Crippen LogP contribution is 2.12. The SMILES string of the molecule is CCN(CCCNC(=O)c1ccc(N)cc1)c1ccccc1.Cl. The van der Waals surface area contributed by atoms with Crippen LogP contribution in [-0.2, 0) is 0 Å². The van der Waals surface area contributed by atoms with Crippen LogP contribution in [-0.4, -0.2) is 25.5 Å². The number of halogens is 1. The van der Waals surface area contributed by atoms with Crippen molar-refractivity contribution < 1.29 is 4.79 Å². The summed E-state index contributed by atoms with van der Waals surface area (Å²) in [4.78, 5) is 14.3. The second-order valence-corrected chi connectivity index (χ2v) is 5.15.